The van der Waals surface area contributed by atoms with Crippen molar-refractivity contribution in [2.24, 2.45) is 0 Å². The number of hydrogen-bond acceptors (Lipinski definition) is 5. The maximum Gasteiger partial charge on any atom is 0.225 e. The first-order valence-corrected chi connectivity index (χ1v) is 7.80. The molecular formula is C17H20N4O2. The van der Waals surface area contributed by atoms with E-state index in [1.807, 2.05) is 30.3 Å². The van der Waals surface area contributed by atoms with Gasteiger partial charge in [-0.05, 0) is 12.0 Å². The molecule has 0 bridgehead atoms. The van der Waals surface area contributed by atoms with Crippen molar-refractivity contribution >= 4 is 17.5 Å². The lowest BCUT2D eigenvalue weighted by molar-refractivity contribution is -0.116. The number of hydrogen-bond donors (Lipinski definition) is 1. The van der Waals surface area contributed by atoms with Crippen LogP contribution in [0.4, 0.5) is 11.6 Å². The predicted molar refractivity (Wildman–Crippen MR) is 88.5 cm³/mol. The highest BCUT2D eigenvalue weighted by atomic mass is 16.5. The minimum absolute atomic E-state index is 0.0309. The van der Waals surface area contributed by atoms with Gasteiger partial charge in [0.25, 0.3) is 0 Å². The molecule has 1 aliphatic heterocycles. The summed E-state index contributed by atoms with van der Waals surface area (Å²) in [5.41, 5.74) is 1.78. The number of aromatic nitrogens is 2. The van der Waals surface area contributed by atoms with Crippen LogP contribution in [-0.4, -0.2) is 42.2 Å². The van der Waals surface area contributed by atoms with Crippen LogP contribution in [0.3, 0.4) is 0 Å². The summed E-state index contributed by atoms with van der Waals surface area (Å²) in [5.74, 6) is 0.646. The van der Waals surface area contributed by atoms with Gasteiger partial charge in [-0.2, -0.15) is 0 Å². The molecule has 0 aliphatic carbocycles. The molecule has 0 saturated carbocycles. The Morgan fingerprint density at radius 3 is 2.52 bits per heavy atom. The van der Waals surface area contributed by atoms with Crippen LogP contribution in [0.25, 0.3) is 0 Å². The second-order valence-electron chi connectivity index (χ2n) is 5.40. The zero-order valence-corrected chi connectivity index (χ0v) is 12.9. The smallest absolute Gasteiger partial charge is 0.225 e. The highest BCUT2D eigenvalue weighted by molar-refractivity contribution is 5.90. The molecule has 0 radical (unpaired) electrons. The van der Waals surface area contributed by atoms with Crippen LogP contribution in [-0.2, 0) is 16.0 Å². The normalized spacial score (nSPS) is 14.5. The van der Waals surface area contributed by atoms with Gasteiger partial charge in [-0.1, -0.05) is 30.3 Å². The Bertz CT molecular complexity index is 625. The highest BCUT2D eigenvalue weighted by Crippen LogP contribution is 2.12. The molecule has 1 saturated heterocycles. The zero-order chi connectivity index (χ0) is 15.9. The molecule has 6 heteroatoms. The molecule has 120 valence electrons. The van der Waals surface area contributed by atoms with Gasteiger partial charge in [0, 0.05) is 19.5 Å². The molecule has 3 rings (SSSR count). The van der Waals surface area contributed by atoms with Crippen molar-refractivity contribution in [1.82, 2.24) is 9.97 Å². The number of nitrogens with one attached hydrogen (secondary N) is 1. The van der Waals surface area contributed by atoms with Gasteiger partial charge < -0.3 is 15.0 Å². The van der Waals surface area contributed by atoms with Crippen molar-refractivity contribution in [1.29, 1.82) is 0 Å². The molecule has 1 aromatic heterocycles. The Labute approximate surface area is 135 Å². The molecule has 2 heterocycles. The van der Waals surface area contributed by atoms with E-state index in [2.05, 4.69) is 20.2 Å². The summed E-state index contributed by atoms with van der Waals surface area (Å²) in [6, 6.07) is 9.97. The Morgan fingerprint density at radius 2 is 1.83 bits per heavy atom. The predicted octanol–water partition coefficient (Wildman–Crippen LogP) is 1.88. The van der Waals surface area contributed by atoms with Crippen LogP contribution < -0.4 is 10.2 Å². The molecule has 2 aromatic rings. The minimum Gasteiger partial charge on any atom is -0.378 e. The summed E-state index contributed by atoms with van der Waals surface area (Å²) < 4.78 is 5.31. The Morgan fingerprint density at radius 1 is 1.13 bits per heavy atom. The number of carbonyl (C=O) groups is 1. The summed E-state index contributed by atoms with van der Waals surface area (Å²) in [5, 5.41) is 2.84. The van der Waals surface area contributed by atoms with Gasteiger partial charge in [0.15, 0.2) is 0 Å². The van der Waals surface area contributed by atoms with Crippen LogP contribution >= 0.6 is 0 Å². The van der Waals surface area contributed by atoms with E-state index in [9.17, 15) is 4.79 Å². The van der Waals surface area contributed by atoms with Crippen molar-refractivity contribution < 1.29 is 9.53 Å². The summed E-state index contributed by atoms with van der Waals surface area (Å²) in [6.07, 6.45) is 4.46. The molecule has 0 spiro atoms. The SMILES string of the molecule is O=C(CCc1ccccc1)Nc1cnc(N2CCOCC2)nc1. The summed E-state index contributed by atoms with van der Waals surface area (Å²) in [4.78, 5) is 22.7. The van der Waals surface area contributed by atoms with Gasteiger partial charge in [-0.15, -0.1) is 0 Å². The zero-order valence-electron chi connectivity index (χ0n) is 12.9. The van der Waals surface area contributed by atoms with Crippen molar-refractivity contribution in [2.75, 3.05) is 36.5 Å². The van der Waals surface area contributed by atoms with Crippen molar-refractivity contribution in [2.45, 2.75) is 12.8 Å². The number of rotatable bonds is 5. The molecule has 1 aliphatic rings. The fraction of sp³-hybridized carbons (Fsp3) is 0.353. The van der Waals surface area contributed by atoms with E-state index < -0.39 is 0 Å². The van der Waals surface area contributed by atoms with E-state index >= 15 is 0 Å². The molecule has 23 heavy (non-hydrogen) atoms. The summed E-state index contributed by atoms with van der Waals surface area (Å²) in [7, 11) is 0. The number of amides is 1. The first-order chi connectivity index (χ1) is 11.3. The molecule has 1 N–H and O–H groups in total. The number of aryl methyl sites for hydroxylation is 1. The topological polar surface area (TPSA) is 67.4 Å². The Kier molecular flexibility index (Phi) is 5.16. The monoisotopic (exact) mass is 312 g/mol. The third kappa shape index (κ3) is 4.50. The maximum atomic E-state index is 12.0. The van der Waals surface area contributed by atoms with Gasteiger partial charge in [0.1, 0.15) is 0 Å². The van der Waals surface area contributed by atoms with Crippen molar-refractivity contribution in [3.63, 3.8) is 0 Å². The quantitative estimate of drug-likeness (QED) is 0.913. The number of ether oxygens (including phenoxy) is 1. The number of carbonyl (C=O) groups excluding carboxylic acids is 1. The van der Waals surface area contributed by atoms with Crippen LogP contribution in [0.5, 0.6) is 0 Å². The van der Waals surface area contributed by atoms with Crippen molar-refractivity contribution in [3.8, 4) is 0 Å². The number of benzene rings is 1. The van der Waals surface area contributed by atoms with E-state index in [0.29, 0.717) is 31.3 Å². The molecule has 1 fully saturated rings. The number of nitrogens with zero attached hydrogens (tertiary/aromatic N) is 3. The van der Waals surface area contributed by atoms with E-state index in [4.69, 9.17) is 4.74 Å². The van der Waals surface area contributed by atoms with Crippen LogP contribution in [0, 0.1) is 0 Å². The highest BCUT2D eigenvalue weighted by Gasteiger charge is 2.13. The van der Waals surface area contributed by atoms with Gasteiger partial charge >= 0.3 is 0 Å². The average Bonchev–Trinajstić information content (AvgIpc) is 2.62. The van der Waals surface area contributed by atoms with Gasteiger partial charge in [0.2, 0.25) is 11.9 Å². The Hall–Kier alpha value is -2.47. The van der Waals surface area contributed by atoms with Crippen molar-refractivity contribution in [3.05, 3.63) is 48.3 Å². The fourth-order valence-corrected chi connectivity index (χ4v) is 2.44. The average molecular weight is 312 g/mol. The molecule has 1 aromatic carbocycles. The van der Waals surface area contributed by atoms with Gasteiger partial charge in [0.05, 0.1) is 31.3 Å². The first kappa shape index (κ1) is 15.4. The summed E-state index contributed by atoms with van der Waals surface area (Å²) in [6.45, 7) is 2.98. The second-order valence-corrected chi connectivity index (χ2v) is 5.40. The summed E-state index contributed by atoms with van der Waals surface area (Å²) >= 11 is 0. The molecule has 1 amide bonds. The fourth-order valence-electron chi connectivity index (χ4n) is 2.44. The first-order valence-electron chi connectivity index (χ1n) is 7.80. The maximum absolute atomic E-state index is 12.0. The molecular weight excluding hydrogens is 292 g/mol. The van der Waals surface area contributed by atoms with Gasteiger partial charge in [-0.3, -0.25) is 4.79 Å². The largest absolute Gasteiger partial charge is 0.378 e. The van der Waals surface area contributed by atoms with E-state index in [-0.39, 0.29) is 5.91 Å². The number of anilines is 2. The lowest BCUT2D eigenvalue weighted by Gasteiger charge is -2.26. The lowest BCUT2D eigenvalue weighted by Crippen LogP contribution is -2.37. The van der Waals surface area contributed by atoms with Gasteiger partial charge in [-0.25, -0.2) is 9.97 Å². The molecule has 0 atom stereocenters. The third-order valence-corrected chi connectivity index (χ3v) is 3.70. The number of morpholine rings is 1. The lowest BCUT2D eigenvalue weighted by atomic mass is 10.1. The molecule has 6 nitrogen and oxygen atoms in total. The van der Waals surface area contributed by atoms with E-state index in [0.717, 1.165) is 25.1 Å². The van der Waals surface area contributed by atoms with E-state index in [1.165, 1.54) is 0 Å². The third-order valence-electron chi connectivity index (χ3n) is 3.70. The van der Waals surface area contributed by atoms with E-state index in [1.54, 1.807) is 12.4 Å². The minimum atomic E-state index is -0.0309. The Balaban J connectivity index is 1.50. The second kappa shape index (κ2) is 7.69. The van der Waals surface area contributed by atoms with Crippen LogP contribution in [0.2, 0.25) is 0 Å². The van der Waals surface area contributed by atoms with Crippen LogP contribution in [0.1, 0.15) is 12.0 Å². The molecule has 0 unspecified atom stereocenters. The van der Waals surface area contributed by atoms with Crippen LogP contribution in [0.15, 0.2) is 42.7 Å². The standard InChI is InChI=1S/C17H20N4O2/c22-16(7-6-14-4-2-1-3-5-14)20-15-12-18-17(19-13-15)21-8-10-23-11-9-21/h1-5,12-13H,6-11H2,(H,20,22).